The average Bonchev–Trinajstić information content (AvgIpc) is 3.34. The first kappa shape index (κ1) is 27.6. The van der Waals surface area contributed by atoms with E-state index >= 15 is 0 Å². The number of carbonyl (C=O) groups excluding carboxylic acids is 1. The quantitative estimate of drug-likeness (QED) is 0.235. The van der Waals surface area contributed by atoms with Gasteiger partial charge in [0.1, 0.15) is 11.0 Å². The molecule has 3 aromatic carbocycles. The van der Waals surface area contributed by atoms with Gasteiger partial charge in [-0.3, -0.25) is 4.79 Å². The van der Waals surface area contributed by atoms with Crippen LogP contribution in [0.4, 0.5) is 13.2 Å². The zero-order valence-corrected chi connectivity index (χ0v) is 21.8. The van der Waals surface area contributed by atoms with Crippen LogP contribution in [0.2, 0.25) is 10.0 Å². The SMILES string of the molecule is O=C(O)C(Cc1ccccc1)N(Cc1cnc(-c2cccc(C(F)(F)F)c2)s1)C(=O)c1ccc(Cl)cc1Cl. The third-order valence-electron chi connectivity index (χ3n) is 5.67. The highest BCUT2D eigenvalue weighted by molar-refractivity contribution is 7.15. The molecule has 196 valence electrons. The lowest BCUT2D eigenvalue weighted by Crippen LogP contribution is -2.46. The number of benzene rings is 3. The first-order chi connectivity index (χ1) is 18.0. The first-order valence-electron chi connectivity index (χ1n) is 11.2. The molecule has 0 radical (unpaired) electrons. The van der Waals surface area contributed by atoms with Crippen molar-refractivity contribution in [2.45, 2.75) is 25.2 Å². The van der Waals surface area contributed by atoms with Crippen LogP contribution < -0.4 is 0 Å². The summed E-state index contributed by atoms with van der Waals surface area (Å²) < 4.78 is 39.5. The molecule has 1 aromatic heterocycles. The average molecular weight is 579 g/mol. The maximum atomic E-state index is 13.6. The Hall–Kier alpha value is -3.40. The van der Waals surface area contributed by atoms with Gasteiger partial charge < -0.3 is 10.0 Å². The number of nitrogens with zero attached hydrogens (tertiary/aromatic N) is 2. The number of thiazole rings is 1. The largest absolute Gasteiger partial charge is 0.480 e. The van der Waals surface area contributed by atoms with Crippen molar-refractivity contribution < 1.29 is 27.9 Å². The number of aromatic nitrogens is 1. The van der Waals surface area contributed by atoms with E-state index in [1.807, 2.05) is 0 Å². The fraction of sp³-hybridized carbons (Fsp3) is 0.148. The van der Waals surface area contributed by atoms with Gasteiger partial charge in [-0.15, -0.1) is 11.3 Å². The minimum Gasteiger partial charge on any atom is -0.480 e. The predicted octanol–water partition coefficient (Wildman–Crippen LogP) is 7.47. The molecule has 1 amide bonds. The summed E-state index contributed by atoms with van der Waals surface area (Å²) in [6, 6.07) is 16.6. The number of carboxylic acids is 1. The van der Waals surface area contributed by atoms with Crippen LogP contribution >= 0.6 is 34.5 Å². The zero-order valence-electron chi connectivity index (χ0n) is 19.5. The van der Waals surface area contributed by atoms with Crippen LogP contribution in [0.15, 0.2) is 79.0 Å². The molecule has 1 heterocycles. The Balaban J connectivity index is 1.70. The normalized spacial score (nSPS) is 12.2. The second kappa shape index (κ2) is 11.6. The number of hydrogen-bond donors (Lipinski definition) is 1. The lowest BCUT2D eigenvalue weighted by atomic mass is 10.0. The van der Waals surface area contributed by atoms with Crippen molar-refractivity contribution in [1.29, 1.82) is 0 Å². The molecule has 0 spiro atoms. The van der Waals surface area contributed by atoms with E-state index in [-0.39, 0.29) is 29.1 Å². The van der Waals surface area contributed by atoms with Crippen molar-refractivity contribution in [2.24, 2.45) is 0 Å². The van der Waals surface area contributed by atoms with E-state index in [4.69, 9.17) is 23.2 Å². The van der Waals surface area contributed by atoms with Crippen LogP contribution in [0.3, 0.4) is 0 Å². The molecule has 38 heavy (non-hydrogen) atoms. The molecule has 4 rings (SSSR count). The minimum absolute atomic E-state index is 0.0202. The van der Waals surface area contributed by atoms with Crippen LogP contribution in [0.5, 0.6) is 0 Å². The van der Waals surface area contributed by atoms with Crippen molar-refractivity contribution in [3.63, 3.8) is 0 Å². The highest BCUT2D eigenvalue weighted by Crippen LogP contribution is 2.34. The lowest BCUT2D eigenvalue weighted by molar-refractivity contribution is -0.142. The minimum atomic E-state index is -4.51. The monoisotopic (exact) mass is 578 g/mol. The molecular formula is C27H19Cl2F3N2O3S. The summed E-state index contributed by atoms with van der Waals surface area (Å²) in [4.78, 5) is 31.9. The fourth-order valence-corrected chi connectivity index (χ4v) is 5.22. The molecule has 0 saturated carbocycles. The molecule has 0 saturated heterocycles. The summed E-state index contributed by atoms with van der Waals surface area (Å²) in [7, 11) is 0. The van der Waals surface area contributed by atoms with E-state index in [2.05, 4.69) is 4.98 Å². The van der Waals surface area contributed by atoms with Gasteiger partial charge in [-0.05, 0) is 35.9 Å². The van der Waals surface area contributed by atoms with Crippen LogP contribution in [0.1, 0.15) is 26.4 Å². The summed E-state index contributed by atoms with van der Waals surface area (Å²) >= 11 is 13.3. The standard InChI is InChI=1S/C27H19Cl2F3N2O3S/c28-19-9-10-21(22(29)13-19)25(35)34(23(26(36)37)11-16-5-2-1-3-6-16)15-20-14-33-24(38-20)17-7-4-8-18(12-17)27(30,31)32/h1-10,12-14,23H,11,15H2,(H,36,37). The number of aliphatic carboxylic acids is 1. The Bertz CT molecular complexity index is 1460. The van der Waals surface area contributed by atoms with Gasteiger partial charge in [0.2, 0.25) is 0 Å². The first-order valence-corrected chi connectivity index (χ1v) is 12.8. The molecule has 5 nitrogen and oxygen atoms in total. The molecular weight excluding hydrogens is 560 g/mol. The number of alkyl halides is 3. The maximum absolute atomic E-state index is 13.6. The highest BCUT2D eigenvalue weighted by atomic mass is 35.5. The zero-order chi connectivity index (χ0) is 27.4. The summed E-state index contributed by atoms with van der Waals surface area (Å²) in [5.74, 6) is -1.86. The van der Waals surface area contributed by atoms with Crippen LogP contribution in [0.25, 0.3) is 10.6 Å². The van der Waals surface area contributed by atoms with Gasteiger partial charge in [-0.25, -0.2) is 9.78 Å². The number of hydrogen-bond acceptors (Lipinski definition) is 4. The van der Waals surface area contributed by atoms with E-state index in [0.717, 1.165) is 23.5 Å². The van der Waals surface area contributed by atoms with E-state index in [1.54, 1.807) is 30.3 Å². The van der Waals surface area contributed by atoms with Crippen molar-refractivity contribution in [1.82, 2.24) is 9.88 Å². The van der Waals surface area contributed by atoms with Gasteiger partial charge in [0.15, 0.2) is 0 Å². The third kappa shape index (κ3) is 6.53. The molecule has 0 aliphatic carbocycles. The van der Waals surface area contributed by atoms with Crippen LogP contribution in [-0.4, -0.2) is 32.9 Å². The summed E-state index contributed by atoms with van der Waals surface area (Å²) in [5, 5.41) is 10.8. The molecule has 1 unspecified atom stereocenters. The Morgan fingerprint density at radius 1 is 1.00 bits per heavy atom. The van der Waals surface area contributed by atoms with Gasteiger partial charge in [-0.1, -0.05) is 65.7 Å². The van der Waals surface area contributed by atoms with Gasteiger partial charge in [0, 0.05) is 28.1 Å². The second-order valence-electron chi connectivity index (χ2n) is 8.31. The molecule has 1 N–H and O–H groups in total. The van der Waals surface area contributed by atoms with Gasteiger partial charge in [-0.2, -0.15) is 13.2 Å². The Morgan fingerprint density at radius 3 is 2.39 bits per heavy atom. The maximum Gasteiger partial charge on any atom is 0.416 e. The predicted molar refractivity (Wildman–Crippen MR) is 140 cm³/mol. The highest BCUT2D eigenvalue weighted by Gasteiger charge is 2.33. The molecule has 0 bridgehead atoms. The topological polar surface area (TPSA) is 70.5 Å². The number of carboxylic acid groups (broad SMARTS) is 1. The van der Waals surface area contributed by atoms with Gasteiger partial charge in [0.05, 0.1) is 22.7 Å². The molecule has 4 aromatic rings. The van der Waals surface area contributed by atoms with Gasteiger partial charge in [0.25, 0.3) is 5.91 Å². The number of halogens is 5. The molecule has 1 atom stereocenters. The van der Waals surface area contributed by atoms with Crippen molar-refractivity contribution >= 4 is 46.4 Å². The van der Waals surface area contributed by atoms with E-state index in [1.165, 1.54) is 41.4 Å². The number of rotatable bonds is 8. The van der Waals surface area contributed by atoms with Crippen molar-refractivity contribution in [3.05, 3.63) is 111 Å². The van der Waals surface area contributed by atoms with E-state index < -0.39 is 29.7 Å². The third-order valence-corrected chi connectivity index (χ3v) is 7.25. The van der Waals surface area contributed by atoms with Crippen molar-refractivity contribution in [2.75, 3.05) is 0 Å². The fourth-order valence-electron chi connectivity index (χ4n) is 3.82. The van der Waals surface area contributed by atoms with E-state index in [0.29, 0.717) is 20.5 Å². The number of amides is 1. The van der Waals surface area contributed by atoms with E-state index in [9.17, 15) is 27.9 Å². The smallest absolute Gasteiger partial charge is 0.416 e. The Kier molecular flexibility index (Phi) is 8.40. The van der Waals surface area contributed by atoms with Crippen LogP contribution in [0, 0.1) is 0 Å². The van der Waals surface area contributed by atoms with Crippen LogP contribution in [-0.2, 0) is 23.9 Å². The molecule has 0 aliphatic rings. The Labute approximate surface area is 230 Å². The molecule has 0 aliphatic heterocycles. The summed E-state index contributed by atoms with van der Waals surface area (Å²) in [6.07, 6.45) is -3.07. The van der Waals surface area contributed by atoms with Gasteiger partial charge >= 0.3 is 12.1 Å². The second-order valence-corrected chi connectivity index (χ2v) is 10.3. The molecule has 0 fully saturated rings. The summed E-state index contributed by atoms with van der Waals surface area (Å²) in [5.41, 5.74) is 0.218. The van der Waals surface area contributed by atoms with Crippen molar-refractivity contribution in [3.8, 4) is 10.6 Å². The lowest BCUT2D eigenvalue weighted by Gasteiger charge is -2.29. The summed E-state index contributed by atoms with van der Waals surface area (Å²) in [6.45, 7) is -0.155. The number of carbonyl (C=O) groups is 2. The Morgan fingerprint density at radius 2 is 1.74 bits per heavy atom. The molecule has 11 heteroatoms.